The molecular formula is C15H19NO3S. The molecule has 108 valence electrons. The van der Waals surface area contributed by atoms with Gasteiger partial charge in [-0.25, -0.2) is 4.79 Å². The molecule has 0 saturated carbocycles. The van der Waals surface area contributed by atoms with E-state index in [1.54, 1.807) is 4.90 Å². The summed E-state index contributed by atoms with van der Waals surface area (Å²) in [6.45, 7) is 0.647. The van der Waals surface area contributed by atoms with Crippen LogP contribution in [0.15, 0.2) is 35.2 Å². The highest BCUT2D eigenvalue weighted by Crippen LogP contribution is 2.22. The van der Waals surface area contributed by atoms with Gasteiger partial charge in [-0.1, -0.05) is 18.2 Å². The van der Waals surface area contributed by atoms with Crippen molar-refractivity contribution < 1.29 is 14.3 Å². The number of methoxy groups -OCH3 is 1. The molecule has 1 fully saturated rings. The van der Waals surface area contributed by atoms with E-state index in [1.165, 1.54) is 18.9 Å². The minimum absolute atomic E-state index is 0.00829. The second-order valence-corrected chi connectivity index (χ2v) is 5.77. The lowest BCUT2D eigenvalue weighted by Crippen LogP contribution is -2.49. The van der Waals surface area contributed by atoms with E-state index in [0.717, 1.165) is 17.7 Å². The second-order valence-electron chi connectivity index (χ2n) is 4.72. The smallest absolute Gasteiger partial charge is 0.328 e. The molecule has 1 aromatic rings. The van der Waals surface area contributed by atoms with Gasteiger partial charge >= 0.3 is 5.97 Å². The number of ether oxygens (including phenoxy) is 1. The lowest BCUT2D eigenvalue weighted by atomic mass is 10.0. The lowest BCUT2D eigenvalue weighted by Gasteiger charge is -2.33. The number of benzene rings is 1. The van der Waals surface area contributed by atoms with Crippen molar-refractivity contribution in [1.29, 1.82) is 0 Å². The van der Waals surface area contributed by atoms with Crippen molar-refractivity contribution in [1.82, 2.24) is 4.90 Å². The van der Waals surface area contributed by atoms with E-state index in [0.29, 0.717) is 18.7 Å². The summed E-state index contributed by atoms with van der Waals surface area (Å²) in [5.74, 6) is 0.0639. The van der Waals surface area contributed by atoms with Crippen LogP contribution in [0.25, 0.3) is 0 Å². The Labute approximate surface area is 123 Å². The van der Waals surface area contributed by atoms with Crippen molar-refractivity contribution in [2.24, 2.45) is 0 Å². The molecule has 1 saturated heterocycles. The van der Waals surface area contributed by atoms with Crippen LogP contribution in [-0.4, -0.2) is 42.2 Å². The van der Waals surface area contributed by atoms with Gasteiger partial charge in [-0.3, -0.25) is 4.79 Å². The zero-order chi connectivity index (χ0) is 14.4. The van der Waals surface area contributed by atoms with E-state index < -0.39 is 6.04 Å². The summed E-state index contributed by atoms with van der Waals surface area (Å²) >= 11 is 1.50. The second kappa shape index (κ2) is 7.33. The number of esters is 1. The first kappa shape index (κ1) is 14.9. The molecule has 2 rings (SSSR count). The summed E-state index contributed by atoms with van der Waals surface area (Å²) < 4.78 is 4.79. The monoisotopic (exact) mass is 293 g/mol. The zero-order valence-electron chi connectivity index (χ0n) is 11.6. The maximum absolute atomic E-state index is 12.3. The van der Waals surface area contributed by atoms with E-state index in [9.17, 15) is 9.59 Å². The summed E-state index contributed by atoms with van der Waals surface area (Å²) in [6, 6.07) is 9.40. The van der Waals surface area contributed by atoms with E-state index in [4.69, 9.17) is 4.74 Å². The van der Waals surface area contributed by atoms with Crippen LogP contribution in [0.2, 0.25) is 0 Å². The summed E-state index contributed by atoms with van der Waals surface area (Å²) in [5, 5.41) is 0. The number of likely N-dealkylation sites (tertiary alicyclic amines) is 1. The van der Waals surface area contributed by atoms with Crippen molar-refractivity contribution in [3.63, 3.8) is 0 Å². The molecule has 0 unspecified atom stereocenters. The topological polar surface area (TPSA) is 46.6 Å². The van der Waals surface area contributed by atoms with Crippen LogP contribution in [0.3, 0.4) is 0 Å². The van der Waals surface area contributed by atoms with Gasteiger partial charge in [0.2, 0.25) is 5.91 Å². The fourth-order valence-electron chi connectivity index (χ4n) is 2.36. The Balaban J connectivity index is 1.94. The molecule has 4 nitrogen and oxygen atoms in total. The van der Waals surface area contributed by atoms with Gasteiger partial charge in [0.25, 0.3) is 0 Å². The van der Waals surface area contributed by atoms with Crippen molar-refractivity contribution in [2.45, 2.75) is 30.2 Å². The summed E-state index contributed by atoms with van der Waals surface area (Å²) in [4.78, 5) is 26.8. The molecule has 0 N–H and O–H groups in total. The van der Waals surface area contributed by atoms with E-state index in [-0.39, 0.29) is 11.9 Å². The van der Waals surface area contributed by atoms with Crippen LogP contribution in [0.4, 0.5) is 0 Å². The zero-order valence-corrected chi connectivity index (χ0v) is 12.4. The first-order chi connectivity index (χ1) is 9.72. The largest absolute Gasteiger partial charge is 0.467 e. The Morgan fingerprint density at radius 3 is 2.75 bits per heavy atom. The summed E-state index contributed by atoms with van der Waals surface area (Å²) in [7, 11) is 1.37. The Morgan fingerprint density at radius 1 is 1.30 bits per heavy atom. The Hall–Kier alpha value is -1.49. The maximum Gasteiger partial charge on any atom is 0.328 e. The molecule has 1 aliphatic rings. The maximum atomic E-state index is 12.3. The SMILES string of the molecule is COC(=O)[C@H]1CCCCN1C(=O)CSc1ccccc1. The lowest BCUT2D eigenvalue weighted by molar-refractivity contribution is -0.153. The molecular weight excluding hydrogens is 274 g/mol. The number of hydrogen-bond donors (Lipinski definition) is 0. The van der Waals surface area contributed by atoms with E-state index in [1.807, 2.05) is 30.3 Å². The number of carbonyl (C=O) groups is 2. The van der Waals surface area contributed by atoms with Crippen molar-refractivity contribution in [3.8, 4) is 0 Å². The Bertz CT molecular complexity index is 463. The standard InChI is InChI=1S/C15H19NO3S/c1-19-15(18)13-9-5-6-10-16(13)14(17)11-20-12-7-3-2-4-8-12/h2-4,7-8,13H,5-6,9-11H2,1H3/t13-/m1/s1. The van der Waals surface area contributed by atoms with Crippen LogP contribution in [0.1, 0.15) is 19.3 Å². The van der Waals surface area contributed by atoms with Crippen molar-refractivity contribution >= 4 is 23.6 Å². The van der Waals surface area contributed by atoms with Gasteiger partial charge in [-0.2, -0.15) is 0 Å². The molecule has 1 aromatic carbocycles. The highest BCUT2D eigenvalue weighted by molar-refractivity contribution is 8.00. The molecule has 20 heavy (non-hydrogen) atoms. The third kappa shape index (κ3) is 3.76. The quantitative estimate of drug-likeness (QED) is 0.631. The molecule has 1 amide bonds. The van der Waals surface area contributed by atoms with Gasteiger partial charge < -0.3 is 9.64 Å². The van der Waals surface area contributed by atoms with E-state index >= 15 is 0 Å². The first-order valence-corrected chi connectivity index (χ1v) is 7.76. The number of thioether (sulfide) groups is 1. The van der Waals surface area contributed by atoms with Gasteiger partial charge in [0.05, 0.1) is 12.9 Å². The normalized spacial score (nSPS) is 18.6. The number of amides is 1. The molecule has 5 heteroatoms. The highest BCUT2D eigenvalue weighted by atomic mass is 32.2. The number of carbonyl (C=O) groups excluding carboxylic acids is 2. The Morgan fingerprint density at radius 2 is 2.05 bits per heavy atom. The van der Waals surface area contributed by atoms with Crippen LogP contribution in [-0.2, 0) is 14.3 Å². The number of nitrogens with zero attached hydrogens (tertiary/aromatic N) is 1. The van der Waals surface area contributed by atoms with Crippen LogP contribution < -0.4 is 0 Å². The van der Waals surface area contributed by atoms with Gasteiger partial charge in [0.1, 0.15) is 6.04 Å². The fourth-order valence-corrected chi connectivity index (χ4v) is 3.16. The third-order valence-electron chi connectivity index (χ3n) is 3.40. The number of rotatable bonds is 4. The highest BCUT2D eigenvalue weighted by Gasteiger charge is 2.32. The average Bonchev–Trinajstić information content (AvgIpc) is 2.52. The van der Waals surface area contributed by atoms with E-state index in [2.05, 4.69) is 0 Å². The van der Waals surface area contributed by atoms with Gasteiger partial charge in [-0.05, 0) is 31.4 Å². The number of piperidine rings is 1. The third-order valence-corrected chi connectivity index (χ3v) is 4.40. The molecule has 0 spiro atoms. The molecule has 1 atom stereocenters. The number of hydrogen-bond acceptors (Lipinski definition) is 4. The van der Waals surface area contributed by atoms with Gasteiger partial charge in [0, 0.05) is 11.4 Å². The minimum atomic E-state index is -0.405. The van der Waals surface area contributed by atoms with Crippen LogP contribution >= 0.6 is 11.8 Å². The molecule has 0 bridgehead atoms. The molecule has 0 radical (unpaired) electrons. The molecule has 0 aromatic heterocycles. The molecule has 1 heterocycles. The first-order valence-electron chi connectivity index (χ1n) is 6.77. The van der Waals surface area contributed by atoms with Crippen LogP contribution in [0.5, 0.6) is 0 Å². The minimum Gasteiger partial charge on any atom is -0.467 e. The van der Waals surface area contributed by atoms with Gasteiger partial charge in [-0.15, -0.1) is 11.8 Å². The molecule has 0 aliphatic carbocycles. The predicted molar refractivity (Wildman–Crippen MR) is 78.5 cm³/mol. The van der Waals surface area contributed by atoms with Crippen LogP contribution in [0, 0.1) is 0 Å². The average molecular weight is 293 g/mol. The summed E-state index contributed by atoms with van der Waals surface area (Å²) in [5.41, 5.74) is 0. The predicted octanol–water partition coefficient (Wildman–Crippen LogP) is 2.33. The fraction of sp³-hybridized carbons (Fsp3) is 0.467. The van der Waals surface area contributed by atoms with Crippen molar-refractivity contribution in [3.05, 3.63) is 30.3 Å². The molecule has 1 aliphatic heterocycles. The van der Waals surface area contributed by atoms with Gasteiger partial charge in [0.15, 0.2) is 0 Å². The Kier molecular flexibility index (Phi) is 5.47. The van der Waals surface area contributed by atoms with Crippen molar-refractivity contribution in [2.75, 3.05) is 19.4 Å². The summed E-state index contributed by atoms with van der Waals surface area (Å²) in [6.07, 6.45) is 2.62.